The zero-order valence-electron chi connectivity index (χ0n) is 21.6. The Labute approximate surface area is 232 Å². The minimum Gasteiger partial charge on any atom is -0.318 e. The van der Waals surface area contributed by atoms with E-state index in [4.69, 9.17) is 0 Å². The van der Waals surface area contributed by atoms with Crippen molar-refractivity contribution in [3.63, 3.8) is 0 Å². The van der Waals surface area contributed by atoms with Crippen molar-refractivity contribution in [2.75, 3.05) is 10.8 Å². The van der Waals surface area contributed by atoms with Crippen LogP contribution in [0, 0.1) is 27.7 Å². The highest BCUT2D eigenvalue weighted by molar-refractivity contribution is 9.10. The predicted molar refractivity (Wildman–Crippen MR) is 156 cm³/mol. The SMILES string of the molecule is Cc1cc(C)cc(-n2c(C)cc(/C=N\NC(=O)CN(c3cccc(Br)c3)S(=O)(=O)c3ccccc3)c2C)c1. The van der Waals surface area contributed by atoms with E-state index >= 15 is 0 Å². The van der Waals surface area contributed by atoms with Gasteiger partial charge in [-0.05, 0) is 87.4 Å². The third-order valence-electron chi connectivity index (χ3n) is 6.04. The maximum atomic E-state index is 13.4. The van der Waals surface area contributed by atoms with E-state index in [1.807, 2.05) is 19.9 Å². The van der Waals surface area contributed by atoms with E-state index in [1.54, 1.807) is 48.7 Å². The largest absolute Gasteiger partial charge is 0.318 e. The highest BCUT2D eigenvalue weighted by atomic mass is 79.9. The van der Waals surface area contributed by atoms with Crippen LogP contribution in [0.5, 0.6) is 0 Å². The number of carbonyl (C=O) groups is 1. The normalized spacial score (nSPS) is 11.6. The minimum absolute atomic E-state index is 0.0927. The molecule has 1 aromatic heterocycles. The van der Waals surface area contributed by atoms with E-state index in [2.05, 4.69) is 63.1 Å². The lowest BCUT2D eigenvalue weighted by Crippen LogP contribution is -2.39. The van der Waals surface area contributed by atoms with Crippen molar-refractivity contribution in [2.24, 2.45) is 5.10 Å². The van der Waals surface area contributed by atoms with E-state index < -0.39 is 22.5 Å². The number of carbonyl (C=O) groups excluding carboxylic acids is 1. The number of rotatable bonds is 8. The molecule has 0 radical (unpaired) electrons. The zero-order valence-corrected chi connectivity index (χ0v) is 24.0. The van der Waals surface area contributed by atoms with Gasteiger partial charge in [-0.15, -0.1) is 0 Å². The van der Waals surface area contributed by atoms with Crippen LogP contribution in [0.3, 0.4) is 0 Å². The fourth-order valence-corrected chi connectivity index (χ4v) is 6.22. The van der Waals surface area contributed by atoms with Gasteiger partial charge in [-0.3, -0.25) is 9.10 Å². The number of hydrogen-bond acceptors (Lipinski definition) is 4. The molecule has 0 unspecified atom stereocenters. The predicted octanol–water partition coefficient (Wildman–Crippen LogP) is 5.82. The first-order valence-electron chi connectivity index (χ1n) is 12.0. The number of anilines is 1. The summed E-state index contributed by atoms with van der Waals surface area (Å²) in [6.07, 6.45) is 1.58. The lowest BCUT2D eigenvalue weighted by molar-refractivity contribution is -0.119. The number of nitrogens with one attached hydrogen (secondary N) is 1. The fraction of sp³-hybridized carbons (Fsp3) is 0.172. The van der Waals surface area contributed by atoms with Gasteiger partial charge in [0.1, 0.15) is 6.54 Å². The molecule has 4 aromatic rings. The second-order valence-electron chi connectivity index (χ2n) is 9.11. The van der Waals surface area contributed by atoms with Gasteiger partial charge in [-0.25, -0.2) is 13.8 Å². The molecule has 0 saturated heterocycles. The fourth-order valence-electron chi connectivity index (χ4n) is 4.40. The summed E-state index contributed by atoms with van der Waals surface area (Å²) >= 11 is 3.38. The number of aryl methyl sites for hydroxylation is 3. The van der Waals surface area contributed by atoms with Crippen molar-refractivity contribution in [1.29, 1.82) is 0 Å². The summed E-state index contributed by atoms with van der Waals surface area (Å²) < 4.78 is 30.8. The molecule has 1 heterocycles. The van der Waals surface area contributed by atoms with Crippen LogP contribution in [0.2, 0.25) is 0 Å². The van der Waals surface area contributed by atoms with E-state index in [0.29, 0.717) is 10.2 Å². The topological polar surface area (TPSA) is 83.8 Å². The van der Waals surface area contributed by atoms with Crippen LogP contribution in [0.25, 0.3) is 5.69 Å². The number of benzene rings is 3. The first-order chi connectivity index (χ1) is 18.1. The summed E-state index contributed by atoms with van der Waals surface area (Å²) in [4.78, 5) is 13.0. The molecule has 3 aromatic carbocycles. The second-order valence-corrected chi connectivity index (χ2v) is 11.9. The van der Waals surface area contributed by atoms with Crippen molar-refractivity contribution in [1.82, 2.24) is 9.99 Å². The second kappa shape index (κ2) is 11.4. The Morgan fingerprint density at radius 3 is 2.29 bits per heavy atom. The Morgan fingerprint density at radius 2 is 1.63 bits per heavy atom. The van der Waals surface area contributed by atoms with Crippen LogP contribution in [0.15, 0.2) is 93.3 Å². The van der Waals surface area contributed by atoms with Crippen molar-refractivity contribution < 1.29 is 13.2 Å². The first-order valence-corrected chi connectivity index (χ1v) is 14.2. The van der Waals surface area contributed by atoms with Crippen LogP contribution in [0.1, 0.15) is 28.1 Å². The molecule has 0 aliphatic heterocycles. The molecule has 0 atom stereocenters. The molecule has 7 nitrogen and oxygen atoms in total. The summed E-state index contributed by atoms with van der Waals surface area (Å²) in [5.41, 5.74) is 9.13. The molecule has 1 N–H and O–H groups in total. The van der Waals surface area contributed by atoms with Crippen LogP contribution < -0.4 is 9.73 Å². The van der Waals surface area contributed by atoms with Gasteiger partial charge in [0.25, 0.3) is 15.9 Å². The van der Waals surface area contributed by atoms with Crippen LogP contribution in [-0.2, 0) is 14.8 Å². The quantitative estimate of drug-likeness (QED) is 0.207. The summed E-state index contributed by atoms with van der Waals surface area (Å²) in [5, 5.41) is 4.14. The molecular formula is C29H29BrN4O3S. The zero-order chi connectivity index (χ0) is 27.4. The molecule has 9 heteroatoms. The van der Waals surface area contributed by atoms with Crippen LogP contribution >= 0.6 is 15.9 Å². The number of aromatic nitrogens is 1. The van der Waals surface area contributed by atoms with E-state index in [9.17, 15) is 13.2 Å². The molecule has 196 valence electrons. The molecule has 0 fully saturated rings. The van der Waals surface area contributed by atoms with E-state index in [1.165, 1.54) is 23.3 Å². The third kappa shape index (κ3) is 6.06. The van der Waals surface area contributed by atoms with Gasteiger partial charge in [-0.1, -0.05) is 46.3 Å². The number of nitrogens with zero attached hydrogens (tertiary/aromatic N) is 3. The molecule has 38 heavy (non-hydrogen) atoms. The Hall–Kier alpha value is -3.69. The average Bonchev–Trinajstić information content (AvgIpc) is 3.15. The Kier molecular flexibility index (Phi) is 8.18. The molecule has 0 aliphatic rings. The molecule has 0 aliphatic carbocycles. The lowest BCUT2D eigenvalue weighted by Gasteiger charge is -2.23. The van der Waals surface area contributed by atoms with Gasteiger partial charge in [0, 0.05) is 27.1 Å². The van der Waals surface area contributed by atoms with Gasteiger partial charge < -0.3 is 4.57 Å². The Bertz CT molecular complexity index is 1590. The van der Waals surface area contributed by atoms with Crippen molar-refractivity contribution >= 4 is 43.8 Å². The number of hydrazone groups is 1. The van der Waals surface area contributed by atoms with Crippen molar-refractivity contribution in [3.8, 4) is 5.69 Å². The smallest absolute Gasteiger partial charge is 0.264 e. The van der Waals surface area contributed by atoms with Gasteiger partial charge in [0.05, 0.1) is 16.8 Å². The summed E-state index contributed by atoms with van der Waals surface area (Å²) in [5.74, 6) is -0.566. The van der Waals surface area contributed by atoms with Crippen molar-refractivity contribution in [2.45, 2.75) is 32.6 Å². The maximum Gasteiger partial charge on any atom is 0.264 e. The highest BCUT2D eigenvalue weighted by Crippen LogP contribution is 2.26. The number of hydrogen-bond donors (Lipinski definition) is 1. The van der Waals surface area contributed by atoms with Crippen LogP contribution in [0.4, 0.5) is 5.69 Å². The maximum absolute atomic E-state index is 13.4. The number of amides is 1. The van der Waals surface area contributed by atoms with Gasteiger partial charge in [-0.2, -0.15) is 5.10 Å². The summed E-state index contributed by atoms with van der Waals surface area (Å²) in [6, 6.07) is 23.2. The molecule has 0 bridgehead atoms. The van der Waals surface area contributed by atoms with Gasteiger partial charge >= 0.3 is 0 Å². The van der Waals surface area contributed by atoms with E-state index in [0.717, 1.165) is 26.9 Å². The van der Waals surface area contributed by atoms with Gasteiger partial charge in [0.2, 0.25) is 0 Å². The highest BCUT2D eigenvalue weighted by Gasteiger charge is 2.27. The monoisotopic (exact) mass is 592 g/mol. The first kappa shape index (κ1) is 27.3. The standard InChI is InChI=1S/C29H29BrN4O3S/c1-20-13-21(2)15-27(14-20)34-22(3)16-24(23(34)4)18-31-32-29(35)19-33(26-10-8-9-25(30)17-26)38(36,37)28-11-6-5-7-12-28/h5-18H,19H2,1-4H3,(H,32,35)/b31-18-. The van der Waals surface area contributed by atoms with Gasteiger partial charge in [0.15, 0.2) is 0 Å². The molecule has 0 saturated carbocycles. The molecule has 1 amide bonds. The molecule has 0 spiro atoms. The lowest BCUT2D eigenvalue weighted by atomic mass is 10.1. The van der Waals surface area contributed by atoms with Crippen LogP contribution in [-0.4, -0.2) is 31.7 Å². The molecule has 4 rings (SSSR count). The number of sulfonamides is 1. The minimum atomic E-state index is -3.99. The number of halogens is 1. The Morgan fingerprint density at radius 1 is 0.947 bits per heavy atom. The third-order valence-corrected chi connectivity index (χ3v) is 8.32. The summed E-state index contributed by atoms with van der Waals surface area (Å²) in [6.45, 7) is 7.71. The average molecular weight is 594 g/mol. The van der Waals surface area contributed by atoms with Crippen molar-refractivity contribution in [3.05, 3.63) is 111 Å². The Balaban J connectivity index is 1.55. The summed E-state index contributed by atoms with van der Waals surface area (Å²) in [7, 11) is -3.99. The van der Waals surface area contributed by atoms with E-state index in [-0.39, 0.29) is 4.90 Å². The molecular weight excluding hydrogens is 564 g/mol.